The second kappa shape index (κ2) is 9.71. The molecule has 6 nitrogen and oxygen atoms in total. The fraction of sp³-hybridized carbons (Fsp3) is 0.120. The summed E-state index contributed by atoms with van der Waals surface area (Å²) in [5, 5.41) is 2.22. The maximum Gasteiger partial charge on any atom is 0.418 e. The zero-order valence-electron chi connectivity index (χ0n) is 18.4. The van der Waals surface area contributed by atoms with Crippen molar-refractivity contribution in [2.75, 3.05) is 19.5 Å². The molecule has 0 bridgehead atoms. The van der Waals surface area contributed by atoms with Crippen LogP contribution in [0.15, 0.2) is 71.3 Å². The number of alkyl halides is 3. The van der Waals surface area contributed by atoms with Crippen molar-refractivity contribution in [2.45, 2.75) is 6.18 Å². The summed E-state index contributed by atoms with van der Waals surface area (Å²) in [7, 11) is 3.03. The lowest BCUT2D eigenvalue weighted by atomic mass is 10.1. The molecule has 3 aromatic carbocycles. The Kier molecular flexibility index (Phi) is 6.70. The topological polar surface area (TPSA) is 73.6 Å². The molecule has 0 unspecified atom stereocenters. The van der Waals surface area contributed by atoms with Gasteiger partial charge in [-0.1, -0.05) is 23.7 Å². The minimum atomic E-state index is -4.71. The molecule has 0 radical (unpaired) electrons. The second-order valence-corrected chi connectivity index (χ2v) is 7.72. The summed E-state index contributed by atoms with van der Waals surface area (Å²) in [6.45, 7) is 0. The Hall–Kier alpha value is -3.98. The van der Waals surface area contributed by atoms with Crippen molar-refractivity contribution in [2.24, 2.45) is 0 Å². The van der Waals surface area contributed by atoms with Crippen LogP contribution >= 0.6 is 11.6 Å². The van der Waals surface area contributed by atoms with Gasteiger partial charge in [0.05, 0.1) is 42.8 Å². The summed E-state index contributed by atoms with van der Waals surface area (Å²) >= 11 is 5.72. The van der Waals surface area contributed by atoms with E-state index in [0.29, 0.717) is 28.4 Å². The largest absolute Gasteiger partial charge is 0.497 e. The molecule has 0 aliphatic rings. The Bertz CT molecular complexity index is 1390. The monoisotopic (exact) mass is 502 g/mol. The molecule has 35 heavy (non-hydrogen) atoms. The number of methoxy groups -OCH3 is 2. The standard InChI is InChI=1S/C25H18ClF3N2O4/c1-33-15-8-9-18(21(12-15)34-2)22-13-30-24(35-22)17-6-4-3-5-16(17)23(32)31-20-10-7-14(26)11-19(20)25(27,28)29/h3-13H,1-2H3,(H,31,32). The van der Waals surface area contributed by atoms with Crippen LogP contribution in [0, 0.1) is 0 Å². The minimum absolute atomic E-state index is 0.0747. The van der Waals surface area contributed by atoms with Crippen molar-refractivity contribution in [3.63, 3.8) is 0 Å². The number of carbonyl (C=O) groups is 1. The van der Waals surface area contributed by atoms with Crippen LogP contribution in [-0.2, 0) is 6.18 Å². The predicted octanol–water partition coefficient (Wildman–Crippen LogP) is 6.95. The smallest absolute Gasteiger partial charge is 0.418 e. The number of ether oxygens (including phenoxy) is 2. The lowest BCUT2D eigenvalue weighted by molar-refractivity contribution is -0.136. The van der Waals surface area contributed by atoms with Gasteiger partial charge in [0, 0.05) is 16.7 Å². The van der Waals surface area contributed by atoms with Crippen molar-refractivity contribution in [3.8, 4) is 34.3 Å². The first-order chi connectivity index (χ1) is 16.7. The Balaban J connectivity index is 1.68. The molecule has 0 saturated carbocycles. The number of nitrogens with one attached hydrogen (secondary N) is 1. The van der Waals surface area contributed by atoms with Gasteiger partial charge in [-0.15, -0.1) is 0 Å². The van der Waals surface area contributed by atoms with Gasteiger partial charge in [0.25, 0.3) is 5.91 Å². The van der Waals surface area contributed by atoms with Crippen LogP contribution in [0.3, 0.4) is 0 Å². The van der Waals surface area contributed by atoms with Crippen LogP contribution in [0.5, 0.6) is 11.5 Å². The molecule has 1 amide bonds. The van der Waals surface area contributed by atoms with Crippen LogP contribution in [0.25, 0.3) is 22.8 Å². The van der Waals surface area contributed by atoms with Crippen molar-refractivity contribution in [1.82, 2.24) is 4.98 Å². The number of aromatic nitrogens is 1. The van der Waals surface area contributed by atoms with E-state index in [1.807, 2.05) is 0 Å². The molecule has 0 aliphatic carbocycles. The average molecular weight is 503 g/mol. The molecule has 0 spiro atoms. The van der Waals surface area contributed by atoms with Crippen molar-refractivity contribution in [1.29, 1.82) is 0 Å². The molecule has 1 N–H and O–H groups in total. The van der Waals surface area contributed by atoms with E-state index in [2.05, 4.69) is 10.3 Å². The number of rotatable bonds is 6. The molecule has 10 heteroatoms. The molecule has 0 fully saturated rings. The first-order valence-corrected chi connectivity index (χ1v) is 10.5. The average Bonchev–Trinajstić information content (AvgIpc) is 3.34. The number of hydrogen-bond acceptors (Lipinski definition) is 5. The Morgan fingerprint density at radius 2 is 1.77 bits per heavy atom. The van der Waals surface area contributed by atoms with E-state index in [1.165, 1.54) is 32.5 Å². The summed E-state index contributed by atoms with van der Waals surface area (Å²) < 4.78 is 56.8. The summed E-state index contributed by atoms with van der Waals surface area (Å²) in [4.78, 5) is 17.3. The molecule has 1 heterocycles. The molecule has 0 aliphatic heterocycles. The van der Waals surface area contributed by atoms with Gasteiger partial charge in [-0.05, 0) is 42.5 Å². The summed E-state index contributed by atoms with van der Waals surface area (Å²) in [5.41, 5.74) is -0.500. The highest BCUT2D eigenvalue weighted by Gasteiger charge is 2.34. The number of oxazole rings is 1. The highest BCUT2D eigenvalue weighted by Crippen LogP contribution is 2.38. The third-order valence-electron chi connectivity index (χ3n) is 5.12. The third-order valence-corrected chi connectivity index (χ3v) is 5.35. The Labute approximate surface area is 203 Å². The maximum atomic E-state index is 13.4. The lowest BCUT2D eigenvalue weighted by Gasteiger charge is -2.15. The molecule has 0 saturated heterocycles. The fourth-order valence-corrected chi connectivity index (χ4v) is 3.61. The van der Waals surface area contributed by atoms with Gasteiger partial charge < -0.3 is 19.2 Å². The minimum Gasteiger partial charge on any atom is -0.497 e. The number of amides is 1. The lowest BCUT2D eigenvalue weighted by Crippen LogP contribution is -2.17. The summed E-state index contributed by atoms with van der Waals surface area (Å²) in [6.07, 6.45) is -3.24. The fourth-order valence-electron chi connectivity index (χ4n) is 3.44. The van der Waals surface area contributed by atoms with Crippen LogP contribution < -0.4 is 14.8 Å². The zero-order chi connectivity index (χ0) is 25.2. The first-order valence-electron chi connectivity index (χ1n) is 10.2. The van der Waals surface area contributed by atoms with Crippen LogP contribution in [0.1, 0.15) is 15.9 Å². The van der Waals surface area contributed by atoms with Crippen LogP contribution in [0.4, 0.5) is 18.9 Å². The normalized spacial score (nSPS) is 11.3. The van der Waals surface area contributed by atoms with Gasteiger partial charge in [0.1, 0.15) is 11.5 Å². The predicted molar refractivity (Wildman–Crippen MR) is 125 cm³/mol. The number of nitrogens with zero attached hydrogens (tertiary/aromatic N) is 1. The van der Waals surface area contributed by atoms with Gasteiger partial charge in [0.15, 0.2) is 5.76 Å². The second-order valence-electron chi connectivity index (χ2n) is 7.28. The zero-order valence-corrected chi connectivity index (χ0v) is 19.2. The molecule has 4 rings (SSSR count). The maximum absolute atomic E-state index is 13.4. The van der Waals surface area contributed by atoms with Crippen LogP contribution in [-0.4, -0.2) is 25.1 Å². The van der Waals surface area contributed by atoms with Gasteiger partial charge in [-0.25, -0.2) is 4.98 Å². The van der Waals surface area contributed by atoms with Crippen molar-refractivity contribution >= 4 is 23.2 Å². The highest BCUT2D eigenvalue weighted by atomic mass is 35.5. The quantitative estimate of drug-likeness (QED) is 0.309. The van der Waals surface area contributed by atoms with E-state index in [1.54, 1.807) is 36.4 Å². The highest BCUT2D eigenvalue weighted by molar-refractivity contribution is 6.30. The summed E-state index contributed by atoms with van der Waals surface area (Å²) in [6, 6.07) is 14.6. The SMILES string of the molecule is COc1ccc(-c2cnc(-c3ccccc3C(=O)Nc3ccc(Cl)cc3C(F)(F)F)o2)c(OC)c1. The Morgan fingerprint density at radius 3 is 2.49 bits per heavy atom. The first kappa shape index (κ1) is 24.2. The van der Waals surface area contributed by atoms with E-state index >= 15 is 0 Å². The molecular weight excluding hydrogens is 485 g/mol. The number of anilines is 1. The number of halogens is 4. The molecule has 180 valence electrons. The van der Waals surface area contributed by atoms with E-state index < -0.39 is 23.3 Å². The van der Waals surface area contributed by atoms with Gasteiger partial charge in [-0.2, -0.15) is 13.2 Å². The molecule has 4 aromatic rings. The van der Waals surface area contributed by atoms with Crippen molar-refractivity contribution < 1.29 is 31.9 Å². The number of hydrogen-bond donors (Lipinski definition) is 1. The number of carbonyl (C=O) groups excluding carboxylic acids is 1. The Morgan fingerprint density at radius 1 is 1.00 bits per heavy atom. The number of benzene rings is 3. The molecule has 0 atom stereocenters. The molecular formula is C25H18ClF3N2O4. The third kappa shape index (κ3) is 5.09. The van der Waals surface area contributed by atoms with Gasteiger partial charge in [-0.3, -0.25) is 4.79 Å². The van der Waals surface area contributed by atoms with E-state index in [9.17, 15) is 18.0 Å². The summed E-state index contributed by atoms with van der Waals surface area (Å²) in [5.74, 6) is 0.783. The van der Waals surface area contributed by atoms with E-state index in [0.717, 1.165) is 12.1 Å². The van der Waals surface area contributed by atoms with Crippen LogP contribution in [0.2, 0.25) is 5.02 Å². The van der Waals surface area contributed by atoms with E-state index in [-0.39, 0.29) is 16.5 Å². The van der Waals surface area contributed by atoms with Gasteiger partial charge >= 0.3 is 6.18 Å². The van der Waals surface area contributed by atoms with Crippen molar-refractivity contribution in [3.05, 3.63) is 83.0 Å². The van der Waals surface area contributed by atoms with E-state index in [4.69, 9.17) is 25.5 Å². The van der Waals surface area contributed by atoms with Gasteiger partial charge in [0.2, 0.25) is 5.89 Å². The molecule has 1 aromatic heterocycles.